The van der Waals surface area contributed by atoms with Crippen molar-refractivity contribution in [3.63, 3.8) is 0 Å². The molecule has 0 radical (unpaired) electrons. The van der Waals surface area contributed by atoms with Gasteiger partial charge in [0.15, 0.2) is 0 Å². The Kier molecular flexibility index (Phi) is 3.62. The lowest BCUT2D eigenvalue weighted by Crippen LogP contribution is -2.12. The van der Waals surface area contributed by atoms with E-state index >= 15 is 0 Å². The summed E-state index contributed by atoms with van der Waals surface area (Å²) in [5.74, 6) is 0.465. The molecular weight excluding hydrogens is 230 g/mol. The molecule has 0 aliphatic rings. The SMILES string of the molecule is CCOc1ccccc1NC(=O)c1cnn(C)c1. The van der Waals surface area contributed by atoms with Gasteiger partial charge in [-0.2, -0.15) is 5.10 Å². The van der Waals surface area contributed by atoms with Crippen molar-refractivity contribution in [2.75, 3.05) is 11.9 Å². The maximum Gasteiger partial charge on any atom is 0.258 e. The molecule has 0 unspecified atom stereocenters. The minimum Gasteiger partial charge on any atom is -0.492 e. The molecule has 1 aromatic carbocycles. The van der Waals surface area contributed by atoms with Crippen LogP contribution in [0.25, 0.3) is 0 Å². The highest BCUT2D eigenvalue weighted by molar-refractivity contribution is 6.04. The second-order valence-electron chi connectivity index (χ2n) is 3.79. The monoisotopic (exact) mass is 245 g/mol. The van der Waals surface area contributed by atoms with Crippen molar-refractivity contribution < 1.29 is 9.53 Å². The van der Waals surface area contributed by atoms with Crippen LogP contribution in [0.2, 0.25) is 0 Å². The first-order valence-corrected chi connectivity index (χ1v) is 5.72. The number of rotatable bonds is 4. The van der Waals surface area contributed by atoms with Gasteiger partial charge in [0.05, 0.1) is 24.1 Å². The second-order valence-corrected chi connectivity index (χ2v) is 3.79. The summed E-state index contributed by atoms with van der Waals surface area (Å²) >= 11 is 0. The first kappa shape index (κ1) is 12.2. The number of amides is 1. The predicted molar refractivity (Wildman–Crippen MR) is 68.8 cm³/mol. The van der Waals surface area contributed by atoms with Crippen molar-refractivity contribution in [3.05, 3.63) is 42.2 Å². The summed E-state index contributed by atoms with van der Waals surface area (Å²) in [6, 6.07) is 7.34. The molecule has 5 heteroatoms. The van der Waals surface area contributed by atoms with Crippen LogP contribution in [0.5, 0.6) is 5.75 Å². The van der Waals surface area contributed by atoms with E-state index in [0.29, 0.717) is 23.6 Å². The number of aromatic nitrogens is 2. The van der Waals surface area contributed by atoms with Gasteiger partial charge >= 0.3 is 0 Å². The van der Waals surface area contributed by atoms with Crippen molar-refractivity contribution in [1.29, 1.82) is 0 Å². The van der Waals surface area contributed by atoms with Crippen molar-refractivity contribution in [3.8, 4) is 5.75 Å². The minimum atomic E-state index is -0.199. The Morgan fingerprint density at radius 3 is 2.89 bits per heavy atom. The summed E-state index contributed by atoms with van der Waals surface area (Å²) in [5.41, 5.74) is 1.18. The van der Waals surface area contributed by atoms with Gasteiger partial charge in [0.1, 0.15) is 5.75 Å². The van der Waals surface area contributed by atoms with E-state index in [2.05, 4.69) is 10.4 Å². The number of aryl methyl sites for hydroxylation is 1. The van der Waals surface area contributed by atoms with E-state index in [1.807, 2.05) is 25.1 Å². The Balaban J connectivity index is 2.16. The lowest BCUT2D eigenvalue weighted by Gasteiger charge is -2.10. The lowest BCUT2D eigenvalue weighted by molar-refractivity contribution is 0.102. The van der Waals surface area contributed by atoms with Crippen molar-refractivity contribution in [2.45, 2.75) is 6.92 Å². The van der Waals surface area contributed by atoms with Crippen molar-refractivity contribution in [1.82, 2.24) is 9.78 Å². The Morgan fingerprint density at radius 2 is 2.22 bits per heavy atom. The molecule has 0 aliphatic carbocycles. The zero-order valence-electron chi connectivity index (χ0n) is 10.4. The Hall–Kier alpha value is -2.30. The van der Waals surface area contributed by atoms with Gasteiger partial charge in [-0.25, -0.2) is 0 Å². The van der Waals surface area contributed by atoms with Crippen LogP contribution in [0.4, 0.5) is 5.69 Å². The molecule has 18 heavy (non-hydrogen) atoms. The Bertz CT molecular complexity index is 549. The number of hydrogen-bond donors (Lipinski definition) is 1. The van der Waals surface area contributed by atoms with Gasteiger partial charge in [0.2, 0.25) is 0 Å². The second kappa shape index (κ2) is 5.35. The molecule has 0 bridgehead atoms. The highest BCUT2D eigenvalue weighted by Crippen LogP contribution is 2.24. The minimum absolute atomic E-state index is 0.199. The van der Waals surface area contributed by atoms with Gasteiger partial charge in [0, 0.05) is 13.2 Å². The Morgan fingerprint density at radius 1 is 1.44 bits per heavy atom. The van der Waals surface area contributed by atoms with Crippen LogP contribution < -0.4 is 10.1 Å². The van der Waals surface area contributed by atoms with Gasteiger partial charge < -0.3 is 10.1 Å². The molecule has 5 nitrogen and oxygen atoms in total. The molecule has 1 aromatic heterocycles. The van der Waals surface area contributed by atoms with Crippen molar-refractivity contribution in [2.24, 2.45) is 7.05 Å². The van der Waals surface area contributed by atoms with Crippen LogP contribution in [0.15, 0.2) is 36.7 Å². The molecule has 2 rings (SSSR count). The first-order chi connectivity index (χ1) is 8.70. The molecule has 0 atom stereocenters. The number of nitrogens with zero attached hydrogens (tertiary/aromatic N) is 2. The van der Waals surface area contributed by atoms with Crippen LogP contribution in [0.3, 0.4) is 0 Å². The van der Waals surface area contributed by atoms with Crippen molar-refractivity contribution >= 4 is 11.6 Å². The molecule has 94 valence electrons. The number of carbonyl (C=O) groups is 1. The summed E-state index contributed by atoms with van der Waals surface area (Å²) < 4.78 is 7.03. The summed E-state index contributed by atoms with van der Waals surface area (Å²) in [6.45, 7) is 2.46. The van der Waals surface area contributed by atoms with Gasteiger partial charge in [-0.05, 0) is 19.1 Å². The Labute approximate surface area is 105 Å². The quantitative estimate of drug-likeness (QED) is 0.897. The van der Waals surface area contributed by atoms with E-state index in [9.17, 15) is 4.79 Å². The maximum absolute atomic E-state index is 12.0. The molecule has 2 aromatic rings. The summed E-state index contributed by atoms with van der Waals surface area (Å²) in [6.07, 6.45) is 3.19. The molecular formula is C13H15N3O2. The average Bonchev–Trinajstić information content (AvgIpc) is 2.79. The van der Waals surface area contributed by atoms with E-state index in [1.54, 1.807) is 24.0 Å². The van der Waals surface area contributed by atoms with Crippen LogP contribution in [-0.2, 0) is 7.05 Å². The normalized spacial score (nSPS) is 10.1. The molecule has 0 saturated carbocycles. The van der Waals surface area contributed by atoms with Gasteiger partial charge in [-0.15, -0.1) is 0 Å². The third kappa shape index (κ3) is 2.68. The molecule has 0 aliphatic heterocycles. The maximum atomic E-state index is 12.0. The largest absolute Gasteiger partial charge is 0.492 e. The molecule has 1 N–H and O–H groups in total. The van der Waals surface area contributed by atoms with E-state index in [4.69, 9.17) is 4.74 Å². The van der Waals surface area contributed by atoms with Crippen LogP contribution in [0.1, 0.15) is 17.3 Å². The van der Waals surface area contributed by atoms with Crippen LogP contribution >= 0.6 is 0 Å². The van der Waals surface area contributed by atoms with Crippen LogP contribution in [-0.4, -0.2) is 22.3 Å². The fourth-order valence-corrected chi connectivity index (χ4v) is 1.58. The zero-order valence-corrected chi connectivity index (χ0v) is 10.4. The summed E-state index contributed by atoms with van der Waals surface area (Å²) in [7, 11) is 1.77. The van der Waals surface area contributed by atoms with E-state index in [0.717, 1.165) is 0 Å². The fraction of sp³-hybridized carbons (Fsp3) is 0.231. The number of para-hydroxylation sites is 2. The number of ether oxygens (including phenoxy) is 1. The summed E-state index contributed by atoms with van der Waals surface area (Å²) in [4.78, 5) is 12.0. The number of carbonyl (C=O) groups excluding carboxylic acids is 1. The smallest absolute Gasteiger partial charge is 0.258 e. The van der Waals surface area contributed by atoms with E-state index in [1.165, 1.54) is 6.20 Å². The van der Waals surface area contributed by atoms with Crippen LogP contribution in [0, 0.1) is 0 Å². The van der Waals surface area contributed by atoms with Gasteiger partial charge in [0.25, 0.3) is 5.91 Å². The predicted octanol–water partition coefficient (Wildman–Crippen LogP) is 2.07. The molecule has 1 heterocycles. The number of anilines is 1. The number of benzene rings is 1. The van der Waals surface area contributed by atoms with E-state index < -0.39 is 0 Å². The highest BCUT2D eigenvalue weighted by atomic mass is 16.5. The first-order valence-electron chi connectivity index (χ1n) is 5.72. The average molecular weight is 245 g/mol. The molecule has 0 saturated heterocycles. The van der Waals surface area contributed by atoms with Gasteiger partial charge in [-0.1, -0.05) is 12.1 Å². The van der Waals surface area contributed by atoms with Gasteiger partial charge in [-0.3, -0.25) is 9.48 Å². The standard InChI is InChI=1S/C13H15N3O2/c1-3-18-12-7-5-4-6-11(12)15-13(17)10-8-14-16(2)9-10/h4-9H,3H2,1-2H3,(H,15,17). The fourth-order valence-electron chi connectivity index (χ4n) is 1.58. The number of hydrogen-bond acceptors (Lipinski definition) is 3. The van der Waals surface area contributed by atoms with E-state index in [-0.39, 0.29) is 5.91 Å². The summed E-state index contributed by atoms with van der Waals surface area (Å²) in [5, 5.41) is 6.77. The number of nitrogens with one attached hydrogen (secondary N) is 1. The highest BCUT2D eigenvalue weighted by Gasteiger charge is 2.10. The lowest BCUT2D eigenvalue weighted by atomic mass is 10.2. The third-order valence-corrected chi connectivity index (χ3v) is 2.40. The molecule has 0 spiro atoms. The topological polar surface area (TPSA) is 56.1 Å². The molecule has 0 fully saturated rings. The molecule has 1 amide bonds. The zero-order chi connectivity index (χ0) is 13.0. The third-order valence-electron chi connectivity index (χ3n) is 2.40.